The van der Waals surface area contributed by atoms with Crippen LogP contribution in [-0.2, 0) is 19.1 Å². The summed E-state index contributed by atoms with van der Waals surface area (Å²) in [6.45, 7) is 6.64. The number of nitrogens with one attached hydrogen (secondary N) is 3. The quantitative estimate of drug-likeness (QED) is 0.446. The molecule has 1 aromatic carbocycles. The number of amides is 4. The average molecular weight is 566 g/mol. The van der Waals surface area contributed by atoms with Gasteiger partial charge >= 0.3 is 0 Å². The Balaban J connectivity index is 1.36. The van der Waals surface area contributed by atoms with Crippen LogP contribution in [0.2, 0.25) is 0 Å². The number of carbonyl (C=O) groups is 4. The van der Waals surface area contributed by atoms with E-state index in [0.717, 1.165) is 32.4 Å². The molecule has 2 aromatic rings. The summed E-state index contributed by atoms with van der Waals surface area (Å²) < 4.78 is 19.3. The van der Waals surface area contributed by atoms with Crippen LogP contribution in [0, 0.1) is 19.7 Å². The van der Waals surface area contributed by atoms with E-state index in [0.29, 0.717) is 60.1 Å². The minimum absolute atomic E-state index is 0.00630. The number of piperidine rings is 1. The SMILES string of the molecule is Cc1[nH]c(/C=C2\C(=O)Nc3ccc(F)cc32)c(C)c1C(=O)N[C@H](CCC(=O)N1CCCCC1)C(=O)N1CCOCC1. The van der Waals surface area contributed by atoms with Crippen LogP contribution in [0.1, 0.15) is 65.0 Å². The van der Waals surface area contributed by atoms with E-state index in [1.165, 1.54) is 18.2 Å². The molecule has 3 aliphatic rings. The van der Waals surface area contributed by atoms with Gasteiger partial charge in [-0.15, -0.1) is 0 Å². The molecule has 4 amide bonds. The molecule has 2 saturated heterocycles. The number of likely N-dealkylation sites (tertiary alicyclic amines) is 1. The van der Waals surface area contributed by atoms with Crippen molar-refractivity contribution < 1.29 is 28.3 Å². The maximum atomic E-state index is 13.9. The highest BCUT2D eigenvalue weighted by atomic mass is 19.1. The molecule has 3 N–H and O–H groups in total. The number of rotatable bonds is 7. The van der Waals surface area contributed by atoms with Crippen LogP contribution in [0.5, 0.6) is 0 Å². The van der Waals surface area contributed by atoms with Gasteiger partial charge in [-0.3, -0.25) is 19.2 Å². The first-order chi connectivity index (χ1) is 19.7. The number of aryl methyl sites for hydroxylation is 1. The van der Waals surface area contributed by atoms with Gasteiger partial charge in [-0.05, 0) is 69.4 Å². The average Bonchev–Trinajstić information content (AvgIpc) is 3.44. The Labute approximate surface area is 238 Å². The third kappa shape index (κ3) is 6.19. The van der Waals surface area contributed by atoms with Gasteiger partial charge in [0, 0.05) is 55.2 Å². The number of ether oxygens (including phenoxy) is 1. The van der Waals surface area contributed by atoms with Crippen molar-refractivity contribution in [3.63, 3.8) is 0 Å². The fourth-order valence-electron chi connectivity index (χ4n) is 5.77. The van der Waals surface area contributed by atoms with Gasteiger partial charge in [-0.2, -0.15) is 0 Å². The van der Waals surface area contributed by atoms with Crippen molar-refractivity contribution in [2.45, 2.75) is 52.0 Å². The minimum atomic E-state index is -0.875. The second-order valence-electron chi connectivity index (χ2n) is 10.8. The number of anilines is 1. The summed E-state index contributed by atoms with van der Waals surface area (Å²) in [7, 11) is 0. The third-order valence-electron chi connectivity index (χ3n) is 8.04. The lowest BCUT2D eigenvalue weighted by Crippen LogP contribution is -2.52. The molecule has 218 valence electrons. The molecular weight excluding hydrogens is 529 g/mol. The second-order valence-corrected chi connectivity index (χ2v) is 10.8. The Bertz CT molecular complexity index is 1390. The lowest BCUT2D eigenvalue weighted by molar-refractivity contribution is -0.138. The Morgan fingerprint density at radius 3 is 2.54 bits per heavy atom. The lowest BCUT2D eigenvalue weighted by Gasteiger charge is -2.31. The highest BCUT2D eigenvalue weighted by Gasteiger charge is 2.31. The number of aromatic amines is 1. The zero-order valence-corrected chi connectivity index (χ0v) is 23.5. The first-order valence-corrected chi connectivity index (χ1v) is 14.2. The van der Waals surface area contributed by atoms with Crippen LogP contribution in [-0.4, -0.2) is 83.8 Å². The number of morpholine rings is 1. The van der Waals surface area contributed by atoms with Crippen LogP contribution in [0.4, 0.5) is 10.1 Å². The molecule has 10 nitrogen and oxygen atoms in total. The molecule has 1 atom stereocenters. The number of benzene rings is 1. The number of hydrogen-bond acceptors (Lipinski definition) is 5. The van der Waals surface area contributed by atoms with Gasteiger partial charge in [0.15, 0.2) is 0 Å². The fourth-order valence-corrected chi connectivity index (χ4v) is 5.77. The van der Waals surface area contributed by atoms with Crippen molar-refractivity contribution in [1.29, 1.82) is 0 Å². The molecule has 0 spiro atoms. The van der Waals surface area contributed by atoms with Crippen molar-refractivity contribution in [3.8, 4) is 0 Å². The zero-order chi connectivity index (χ0) is 29.1. The first-order valence-electron chi connectivity index (χ1n) is 14.2. The summed E-state index contributed by atoms with van der Waals surface area (Å²) in [5, 5.41) is 5.62. The topological polar surface area (TPSA) is 124 Å². The first kappa shape index (κ1) is 28.5. The fraction of sp³-hybridized carbons (Fsp3) is 0.467. The van der Waals surface area contributed by atoms with Crippen LogP contribution >= 0.6 is 0 Å². The smallest absolute Gasteiger partial charge is 0.256 e. The van der Waals surface area contributed by atoms with E-state index < -0.39 is 17.8 Å². The van der Waals surface area contributed by atoms with Gasteiger partial charge < -0.3 is 30.2 Å². The summed E-state index contributed by atoms with van der Waals surface area (Å²) in [4.78, 5) is 59.3. The summed E-state index contributed by atoms with van der Waals surface area (Å²) in [6, 6.07) is 3.21. The number of H-pyrrole nitrogens is 1. The number of aromatic nitrogens is 1. The van der Waals surface area contributed by atoms with E-state index in [1.807, 2.05) is 4.90 Å². The highest BCUT2D eigenvalue weighted by Crippen LogP contribution is 2.34. The Morgan fingerprint density at radius 1 is 1.07 bits per heavy atom. The highest BCUT2D eigenvalue weighted by molar-refractivity contribution is 6.35. The molecular formula is C30H36FN5O5. The zero-order valence-electron chi connectivity index (χ0n) is 23.5. The number of carbonyl (C=O) groups excluding carboxylic acids is 4. The Kier molecular flexibility index (Phi) is 8.53. The number of halogens is 1. The number of nitrogens with zero attached hydrogens (tertiary/aromatic N) is 2. The largest absolute Gasteiger partial charge is 0.378 e. The van der Waals surface area contributed by atoms with E-state index >= 15 is 0 Å². The predicted molar refractivity (Wildman–Crippen MR) is 151 cm³/mol. The predicted octanol–water partition coefficient (Wildman–Crippen LogP) is 3.01. The maximum absolute atomic E-state index is 13.9. The van der Waals surface area contributed by atoms with Crippen LogP contribution in [0.25, 0.3) is 11.6 Å². The molecule has 4 heterocycles. The molecule has 0 unspecified atom stereocenters. The van der Waals surface area contributed by atoms with E-state index in [1.54, 1.807) is 24.8 Å². The van der Waals surface area contributed by atoms with Crippen LogP contribution in [0.3, 0.4) is 0 Å². The summed E-state index contributed by atoms with van der Waals surface area (Å²) in [5.74, 6) is -1.51. The van der Waals surface area contributed by atoms with Gasteiger partial charge in [0.05, 0.1) is 24.4 Å². The van der Waals surface area contributed by atoms with Gasteiger partial charge in [0.25, 0.3) is 11.8 Å². The summed E-state index contributed by atoms with van der Waals surface area (Å²) in [6.07, 6.45) is 5.03. The molecule has 0 bridgehead atoms. The molecule has 1 aromatic heterocycles. The molecule has 2 fully saturated rings. The molecule has 0 aliphatic carbocycles. The Hall–Kier alpha value is -3.99. The number of fused-ring (bicyclic) bond motifs is 1. The minimum Gasteiger partial charge on any atom is -0.378 e. The van der Waals surface area contributed by atoms with Gasteiger partial charge in [-0.1, -0.05) is 0 Å². The van der Waals surface area contributed by atoms with Gasteiger partial charge in [0.2, 0.25) is 11.8 Å². The summed E-state index contributed by atoms with van der Waals surface area (Å²) in [5.41, 5.74) is 3.29. The summed E-state index contributed by atoms with van der Waals surface area (Å²) >= 11 is 0. The Morgan fingerprint density at radius 2 is 1.80 bits per heavy atom. The van der Waals surface area contributed by atoms with Crippen LogP contribution < -0.4 is 10.6 Å². The van der Waals surface area contributed by atoms with Crippen molar-refractivity contribution >= 4 is 41.0 Å². The second kappa shape index (κ2) is 12.3. The lowest BCUT2D eigenvalue weighted by atomic mass is 10.0. The van der Waals surface area contributed by atoms with Crippen molar-refractivity contribution in [2.75, 3.05) is 44.7 Å². The van der Waals surface area contributed by atoms with E-state index in [4.69, 9.17) is 4.74 Å². The molecule has 41 heavy (non-hydrogen) atoms. The monoisotopic (exact) mass is 565 g/mol. The normalized spacial score (nSPS) is 18.7. The third-order valence-corrected chi connectivity index (χ3v) is 8.04. The van der Waals surface area contributed by atoms with Crippen molar-refractivity contribution in [3.05, 3.63) is 52.1 Å². The van der Waals surface area contributed by atoms with E-state index in [9.17, 15) is 23.6 Å². The molecule has 11 heteroatoms. The van der Waals surface area contributed by atoms with E-state index in [2.05, 4.69) is 15.6 Å². The van der Waals surface area contributed by atoms with E-state index in [-0.39, 0.29) is 36.1 Å². The van der Waals surface area contributed by atoms with Crippen molar-refractivity contribution in [1.82, 2.24) is 20.1 Å². The molecule has 5 rings (SSSR count). The number of hydrogen-bond donors (Lipinski definition) is 3. The maximum Gasteiger partial charge on any atom is 0.256 e. The van der Waals surface area contributed by atoms with Gasteiger partial charge in [0.1, 0.15) is 11.9 Å². The standard InChI is InChI=1S/C30H36FN5O5/c1-18-25(17-22-21-16-20(31)6-7-23(21)33-28(22)38)32-19(2)27(18)29(39)34-24(30(40)36-12-14-41-15-13-36)8-9-26(37)35-10-4-3-5-11-35/h6-7,16-17,24,32H,3-5,8-15H2,1-2H3,(H,33,38)(H,34,39)/b22-17-/t24-/m1/s1. The molecule has 0 saturated carbocycles. The van der Waals surface area contributed by atoms with Gasteiger partial charge in [-0.25, -0.2) is 4.39 Å². The van der Waals surface area contributed by atoms with Crippen molar-refractivity contribution in [2.24, 2.45) is 0 Å². The molecule has 0 radical (unpaired) electrons. The molecule has 3 aliphatic heterocycles. The van der Waals surface area contributed by atoms with Crippen LogP contribution in [0.15, 0.2) is 18.2 Å².